The second-order valence-electron chi connectivity index (χ2n) is 5.13. The van der Waals surface area contributed by atoms with Crippen LogP contribution in [0.1, 0.15) is 25.7 Å². The van der Waals surface area contributed by atoms with Crippen LogP contribution in [-0.4, -0.2) is 22.3 Å². The van der Waals surface area contributed by atoms with Gasteiger partial charge in [0.2, 0.25) is 5.95 Å². The maximum atomic E-state index is 13.9. The highest BCUT2D eigenvalue weighted by Crippen LogP contribution is 2.24. The average Bonchev–Trinajstić information content (AvgIpc) is 2.78. The zero-order valence-corrected chi connectivity index (χ0v) is 11.1. The van der Waals surface area contributed by atoms with E-state index in [1.54, 1.807) is 0 Å². The maximum absolute atomic E-state index is 13.9. The number of aryl methyl sites for hydroxylation is 1. The molecule has 1 aliphatic rings. The highest BCUT2D eigenvalue weighted by atomic mass is 19.2. The number of nitrogens with two attached hydrogens (primary N) is 1. The third-order valence-electron chi connectivity index (χ3n) is 3.78. The third kappa shape index (κ3) is 2.35. The Labute approximate surface area is 115 Å². The van der Waals surface area contributed by atoms with Crippen molar-refractivity contribution >= 4 is 17.0 Å². The van der Waals surface area contributed by atoms with Crippen molar-refractivity contribution in [1.29, 1.82) is 0 Å². The van der Waals surface area contributed by atoms with Gasteiger partial charge in [-0.25, -0.2) is 13.8 Å². The van der Waals surface area contributed by atoms with E-state index in [1.165, 1.54) is 10.6 Å². The minimum atomic E-state index is -0.892. The molecule has 0 radical (unpaired) electrons. The molecule has 1 saturated heterocycles. The summed E-state index contributed by atoms with van der Waals surface area (Å²) >= 11 is 0. The summed E-state index contributed by atoms with van der Waals surface area (Å²) in [5.41, 5.74) is 6.33. The Kier molecular flexibility index (Phi) is 3.56. The molecule has 1 unspecified atom stereocenters. The number of imidazole rings is 1. The number of rotatable bonds is 3. The molecular formula is C14H17F2N3O. The molecule has 1 aromatic heterocycles. The molecule has 2 aromatic rings. The van der Waals surface area contributed by atoms with Gasteiger partial charge in [-0.05, 0) is 37.8 Å². The Hall–Kier alpha value is -1.69. The summed E-state index contributed by atoms with van der Waals surface area (Å²) in [6.07, 6.45) is 4.13. The number of fused-ring (bicyclic) bond motifs is 1. The molecule has 2 N–H and O–H groups in total. The van der Waals surface area contributed by atoms with E-state index in [0.717, 1.165) is 38.4 Å². The first kappa shape index (κ1) is 13.3. The smallest absolute Gasteiger partial charge is 0.201 e. The molecule has 2 heterocycles. The zero-order chi connectivity index (χ0) is 14.1. The van der Waals surface area contributed by atoms with Crippen molar-refractivity contribution in [2.75, 3.05) is 12.3 Å². The van der Waals surface area contributed by atoms with E-state index < -0.39 is 11.6 Å². The first-order valence-electron chi connectivity index (χ1n) is 6.88. The molecule has 1 atom stereocenters. The summed E-state index contributed by atoms with van der Waals surface area (Å²) in [7, 11) is 0. The molecule has 108 valence electrons. The van der Waals surface area contributed by atoms with Crippen LogP contribution >= 0.6 is 0 Å². The van der Waals surface area contributed by atoms with Crippen LogP contribution in [0.25, 0.3) is 11.0 Å². The predicted molar refractivity (Wildman–Crippen MR) is 72.3 cm³/mol. The quantitative estimate of drug-likeness (QED) is 0.941. The van der Waals surface area contributed by atoms with E-state index in [9.17, 15) is 8.78 Å². The lowest BCUT2D eigenvalue weighted by atomic mass is 10.1. The number of anilines is 1. The lowest BCUT2D eigenvalue weighted by Gasteiger charge is -2.22. The van der Waals surface area contributed by atoms with Crippen LogP contribution in [0.5, 0.6) is 0 Å². The maximum Gasteiger partial charge on any atom is 0.201 e. The van der Waals surface area contributed by atoms with Crippen LogP contribution in [-0.2, 0) is 11.3 Å². The molecule has 1 fully saturated rings. The third-order valence-corrected chi connectivity index (χ3v) is 3.78. The van der Waals surface area contributed by atoms with Gasteiger partial charge in [0.15, 0.2) is 11.6 Å². The van der Waals surface area contributed by atoms with Crippen molar-refractivity contribution in [2.24, 2.45) is 0 Å². The van der Waals surface area contributed by atoms with Crippen LogP contribution < -0.4 is 5.73 Å². The fourth-order valence-electron chi connectivity index (χ4n) is 2.71. The van der Waals surface area contributed by atoms with Crippen molar-refractivity contribution in [2.45, 2.75) is 38.3 Å². The van der Waals surface area contributed by atoms with E-state index in [0.29, 0.717) is 12.1 Å². The highest BCUT2D eigenvalue weighted by molar-refractivity contribution is 5.79. The van der Waals surface area contributed by atoms with Crippen LogP contribution in [0, 0.1) is 11.6 Å². The van der Waals surface area contributed by atoms with Gasteiger partial charge in [0.1, 0.15) is 5.52 Å². The summed E-state index contributed by atoms with van der Waals surface area (Å²) < 4.78 is 34.4. The van der Waals surface area contributed by atoms with Gasteiger partial charge in [-0.2, -0.15) is 0 Å². The van der Waals surface area contributed by atoms with E-state index in [-0.39, 0.29) is 17.6 Å². The van der Waals surface area contributed by atoms with Crippen LogP contribution in [0.2, 0.25) is 0 Å². The monoisotopic (exact) mass is 281 g/mol. The van der Waals surface area contributed by atoms with Gasteiger partial charge in [0.25, 0.3) is 0 Å². The van der Waals surface area contributed by atoms with Crippen molar-refractivity contribution in [1.82, 2.24) is 9.55 Å². The summed E-state index contributed by atoms with van der Waals surface area (Å²) in [6.45, 7) is 1.25. The number of nitrogen functional groups attached to an aromatic ring is 1. The molecule has 1 aromatic carbocycles. The number of hydrogen-bond acceptors (Lipinski definition) is 3. The molecule has 0 aliphatic carbocycles. The van der Waals surface area contributed by atoms with E-state index in [4.69, 9.17) is 10.5 Å². The normalized spacial score (nSPS) is 19.6. The van der Waals surface area contributed by atoms with Gasteiger partial charge >= 0.3 is 0 Å². The largest absolute Gasteiger partial charge is 0.378 e. The standard InChI is InChI=1S/C14H17F2N3O/c15-10-4-5-11-13(12(10)16)19(14(17)18-11)7-6-9-3-1-2-8-20-9/h4-5,9H,1-3,6-8H2,(H2,17,18). The first-order valence-corrected chi connectivity index (χ1v) is 6.88. The molecule has 0 saturated carbocycles. The fraction of sp³-hybridized carbons (Fsp3) is 0.500. The Morgan fingerprint density at radius 1 is 1.35 bits per heavy atom. The lowest BCUT2D eigenvalue weighted by Crippen LogP contribution is -2.21. The molecule has 0 bridgehead atoms. The molecule has 0 spiro atoms. The minimum absolute atomic E-state index is 0.137. The van der Waals surface area contributed by atoms with Gasteiger partial charge in [0.05, 0.1) is 11.6 Å². The molecular weight excluding hydrogens is 264 g/mol. The highest BCUT2D eigenvalue weighted by Gasteiger charge is 2.18. The summed E-state index contributed by atoms with van der Waals surface area (Å²) in [6, 6.07) is 2.51. The zero-order valence-electron chi connectivity index (χ0n) is 11.1. The topological polar surface area (TPSA) is 53.1 Å². The molecule has 1 aliphatic heterocycles. The number of nitrogens with zero attached hydrogens (tertiary/aromatic N) is 2. The van der Waals surface area contributed by atoms with E-state index >= 15 is 0 Å². The van der Waals surface area contributed by atoms with E-state index in [1.807, 2.05) is 0 Å². The molecule has 20 heavy (non-hydrogen) atoms. The Morgan fingerprint density at radius 2 is 2.20 bits per heavy atom. The molecule has 0 amide bonds. The van der Waals surface area contributed by atoms with Gasteiger partial charge in [-0.1, -0.05) is 0 Å². The van der Waals surface area contributed by atoms with E-state index in [2.05, 4.69) is 4.98 Å². The van der Waals surface area contributed by atoms with Crippen molar-refractivity contribution in [3.8, 4) is 0 Å². The lowest BCUT2D eigenvalue weighted by molar-refractivity contribution is 0.00904. The molecule has 3 rings (SSSR count). The second kappa shape index (κ2) is 5.36. The fourth-order valence-corrected chi connectivity index (χ4v) is 2.71. The number of hydrogen-bond donors (Lipinski definition) is 1. The van der Waals surface area contributed by atoms with Gasteiger partial charge in [0, 0.05) is 13.2 Å². The van der Waals surface area contributed by atoms with Crippen molar-refractivity contribution in [3.05, 3.63) is 23.8 Å². The summed E-state index contributed by atoms with van der Waals surface area (Å²) in [4.78, 5) is 4.07. The Bertz CT molecular complexity index is 620. The summed E-state index contributed by atoms with van der Waals surface area (Å²) in [5, 5.41) is 0. The number of ether oxygens (including phenoxy) is 1. The van der Waals surface area contributed by atoms with Gasteiger partial charge in [-0.3, -0.25) is 0 Å². The SMILES string of the molecule is Nc1nc2ccc(F)c(F)c2n1CCC1CCCCO1. The first-order chi connectivity index (χ1) is 9.66. The van der Waals surface area contributed by atoms with Crippen molar-refractivity contribution < 1.29 is 13.5 Å². The summed E-state index contributed by atoms with van der Waals surface area (Å²) in [5.74, 6) is -1.57. The Morgan fingerprint density at radius 3 is 2.95 bits per heavy atom. The predicted octanol–water partition coefficient (Wildman–Crippen LogP) is 2.86. The molecule has 4 nitrogen and oxygen atoms in total. The van der Waals surface area contributed by atoms with Gasteiger partial charge < -0.3 is 15.0 Å². The van der Waals surface area contributed by atoms with Crippen LogP contribution in [0.4, 0.5) is 14.7 Å². The second-order valence-corrected chi connectivity index (χ2v) is 5.13. The minimum Gasteiger partial charge on any atom is -0.378 e. The van der Waals surface area contributed by atoms with Crippen molar-refractivity contribution in [3.63, 3.8) is 0 Å². The van der Waals surface area contributed by atoms with Crippen LogP contribution in [0.15, 0.2) is 12.1 Å². The number of benzene rings is 1. The Balaban J connectivity index is 1.86. The number of aromatic nitrogens is 2. The van der Waals surface area contributed by atoms with Crippen LogP contribution in [0.3, 0.4) is 0 Å². The average molecular weight is 281 g/mol. The molecule has 6 heteroatoms. The number of halogens is 2. The van der Waals surface area contributed by atoms with Gasteiger partial charge in [-0.15, -0.1) is 0 Å².